The molecule has 1 atom stereocenters. The molecule has 0 aliphatic carbocycles. The van der Waals surface area contributed by atoms with E-state index in [0.29, 0.717) is 56.2 Å². The minimum Gasteiger partial charge on any atom is -0.463 e. The van der Waals surface area contributed by atoms with Crippen LogP contribution in [0.2, 0.25) is 0 Å². The van der Waals surface area contributed by atoms with Gasteiger partial charge in [-0.1, -0.05) is 62.3 Å². The lowest BCUT2D eigenvalue weighted by atomic mass is 9.94. The number of anilines is 1. The maximum absolute atomic E-state index is 14.4. The van der Waals surface area contributed by atoms with Crippen LogP contribution in [0.3, 0.4) is 0 Å². The van der Waals surface area contributed by atoms with E-state index in [2.05, 4.69) is 6.92 Å². The fourth-order valence-corrected chi connectivity index (χ4v) is 6.72. The number of amides is 1. The number of unbranched alkanes of at least 4 members (excludes halogenated alkanes) is 1. The Balaban J connectivity index is 1.63. The maximum Gasteiger partial charge on any atom is 0.338 e. The molecule has 4 heterocycles. The molecule has 10 heteroatoms. The topological polar surface area (TPSA) is 99.4 Å². The molecular weight excluding hydrogens is 542 g/mol. The molecule has 0 radical (unpaired) electrons. The number of carbonyl (C=O) groups is 2. The fourth-order valence-electron chi connectivity index (χ4n) is 5.61. The molecule has 212 valence electrons. The highest BCUT2D eigenvalue weighted by atomic mass is 32.1. The lowest BCUT2D eigenvalue weighted by molar-refractivity contribution is -0.139. The second-order valence-corrected chi connectivity index (χ2v) is 11.0. The normalized spacial score (nSPS) is 18.4. The van der Waals surface area contributed by atoms with Crippen LogP contribution in [-0.4, -0.2) is 36.4 Å². The van der Waals surface area contributed by atoms with E-state index in [9.17, 15) is 14.4 Å². The standard InChI is InChI=1S/C31H31N3O6S/c1-4-7-15-33-21-12-9-8-11-19(21)24(28(33)35)27-29(36)34-26(18-13-14-22-23(16-18)40-17-39-22)25(30(37)38-6-3)20(10-5-2)32-31(34)41-27/h8-9,11-14,16,26H,4-7,10,15,17H2,1-3H3/b27-24+/t26-/m1/s1. The average Bonchev–Trinajstić information content (AvgIpc) is 3.64. The van der Waals surface area contributed by atoms with Crippen molar-refractivity contribution in [1.29, 1.82) is 0 Å². The van der Waals surface area contributed by atoms with E-state index < -0.39 is 12.0 Å². The number of carbonyl (C=O) groups excluding carboxylic acids is 2. The van der Waals surface area contributed by atoms with Crippen molar-refractivity contribution in [3.05, 3.63) is 84.5 Å². The van der Waals surface area contributed by atoms with E-state index in [-0.39, 0.29) is 24.9 Å². The van der Waals surface area contributed by atoms with Crippen LogP contribution in [0.25, 0.3) is 5.57 Å². The second-order valence-electron chi connectivity index (χ2n) is 10.0. The summed E-state index contributed by atoms with van der Waals surface area (Å²) in [6.07, 6.45) is 3.06. The van der Waals surface area contributed by atoms with E-state index in [0.717, 1.165) is 30.5 Å². The van der Waals surface area contributed by atoms with Gasteiger partial charge in [-0.05, 0) is 43.5 Å². The number of hydrogen-bond acceptors (Lipinski definition) is 8. The third-order valence-electron chi connectivity index (χ3n) is 7.47. The molecule has 6 rings (SSSR count). The first kappa shape index (κ1) is 27.0. The van der Waals surface area contributed by atoms with Gasteiger partial charge in [0, 0.05) is 12.1 Å². The third-order valence-corrected chi connectivity index (χ3v) is 8.52. The van der Waals surface area contributed by atoms with Gasteiger partial charge in [-0.15, -0.1) is 0 Å². The zero-order chi connectivity index (χ0) is 28.7. The van der Waals surface area contributed by atoms with Crippen molar-refractivity contribution in [3.8, 4) is 11.5 Å². The maximum atomic E-state index is 14.4. The lowest BCUT2D eigenvalue weighted by Crippen LogP contribution is -2.41. The first-order valence-corrected chi connectivity index (χ1v) is 14.8. The fraction of sp³-hybridized carbons (Fsp3) is 0.355. The summed E-state index contributed by atoms with van der Waals surface area (Å²) < 4.78 is 18.5. The van der Waals surface area contributed by atoms with Gasteiger partial charge in [0.15, 0.2) is 16.3 Å². The number of nitrogens with zero attached hydrogens (tertiary/aromatic N) is 3. The molecule has 0 saturated heterocycles. The van der Waals surface area contributed by atoms with Gasteiger partial charge in [0.2, 0.25) is 6.79 Å². The Bertz CT molecular complexity index is 1770. The Kier molecular flexibility index (Phi) is 7.25. The number of hydrogen-bond donors (Lipinski definition) is 0. The molecule has 9 nitrogen and oxygen atoms in total. The number of ether oxygens (including phenoxy) is 3. The number of fused-ring (bicyclic) bond motifs is 3. The van der Waals surface area contributed by atoms with Gasteiger partial charge in [0.05, 0.1) is 35.2 Å². The summed E-state index contributed by atoms with van der Waals surface area (Å²) in [5.74, 6) is 0.423. The molecule has 0 spiro atoms. The summed E-state index contributed by atoms with van der Waals surface area (Å²) >= 11 is 1.19. The molecule has 3 aliphatic rings. The zero-order valence-corrected chi connectivity index (χ0v) is 24.1. The van der Waals surface area contributed by atoms with Gasteiger partial charge in [-0.3, -0.25) is 14.2 Å². The number of allylic oxidation sites excluding steroid dienone is 1. The highest BCUT2D eigenvalue weighted by molar-refractivity contribution is 7.07. The van der Waals surface area contributed by atoms with Gasteiger partial charge < -0.3 is 19.1 Å². The molecule has 3 aliphatic heterocycles. The Hall–Kier alpha value is -4.18. The first-order chi connectivity index (χ1) is 20.0. The molecule has 0 saturated carbocycles. The van der Waals surface area contributed by atoms with E-state index in [1.54, 1.807) is 24.0 Å². The minimum atomic E-state index is -0.807. The van der Waals surface area contributed by atoms with Gasteiger partial charge >= 0.3 is 5.97 Å². The van der Waals surface area contributed by atoms with E-state index >= 15 is 0 Å². The molecule has 41 heavy (non-hydrogen) atoms. The molecule has 3 aromatic rings. The Labute approximate surface area is 241 Å². The smallest absolute Gasteiger partial charge is 0.338 e. The monoisotopic (exact) mass is 573 g/mol. The Morgan fingerprint density at radius 1 is 1.07 bits per heavy atom. The van der Waals surface area contributed by atoms with Crippen molar-refractivity contribution in [2.45, 2.75) is 52.5 Å². The van der Waals surface area contributed by atoms with Crippen molar-refractivity contribution < 1.29 is 23.8 Å². The summed E-state index contributed by atoms with van der Waals surface area (Å²) in [4.78, 5) is 48.7. The van der Waals surface area contributed by atoms with Crippen molar-refractivity contribution >= 4 is 34.5 Å². The van der Waals surface area contributed by atoms with Crippen LogP contribution in [-0.2, 0) is 14.3 Å². The van der Waals surface area contributed by atoms with Crippen molar-refractivity contribution in [2.24, 2.45) is 4.99 Å². The van der Waals surface area contributed by atoms with Gasteiger partial charge in [-0.25, -0.2) is 9.79 Å². The average molecular weight is 574 g/mol. The van der Waals surface area contributed by atoms with Crippen LogP contribution >= 0.6 is 11.3 Å². The van der Waals surface area contributed by atoms with Crippen LogP contribution in [0.5, 0.6) is 11.5 Å². The number of aromatic nitrogens is 1. The van der Waals surface area contributed by atoms with E-state index in [4.69, 9.17) is 19.2 Å². The van der Waals surface area contributed by atoms with Gasteiger partial charge in [-0.2, -0.15) is 0 Å². The van der Waals surface area contributed by atoms with Crippen LogP contribution in [0.1, 0.15) is 63.6 Å². The molecule has 1 aromatic heterocycles. The van der Waals surface area contributed by atoms with Gasteiger partial charge in [0.25, 0.3) is 11.5 Å². The molecule has 0 bridgehead atoms. The van der Waals surface area contributed by atoms with Crippen LogP contribution < -0.4 is 29.3 Å². The summed E-state index contributed by atoms with van der Waals surface area (Å²) in [5.41, 5.74) is 3.11. The molecule has 0 fully saturated rings. The highest BCUT2D eigenvalue weighted by Gasteiger charge is 2.38. The number of thiazole rings is 1. The summed E-state index contributed by atoms with van der Waals surface area (Å²) in [5, 5.41) is 0. The van der Waals surface area contributed by atoms with Crippen LogP contribution in [0, 0.1) is 0 Å². The minimum absolute atomic E-state index is 0.0998. The predicted molar refractivity (Wildman–Crippen MR) is 155 cm³/mol. The molecular formula is C31H31N3O6S. The lowest BCUT2D eigenvalue weighted by Gasteiger charge is -2.25. The summed E-state index contributed by atoms with van der Waals surface area (Å²) in [7, 11) is 0. The largest absolute Gasteiger partial charge is 0.463 e. The quantitative estimate of drug-likeness (QED) is 0.380. The molecule has 0 N–H and O–H groups in total. The molecule has 1 amide bonds. The Morgan fingerprint density at radius 2 is 1.88 bits per heavy atom. The number of rotatable bonds is 8. The van der Waals surface area contributed by atoms with Crippen molar-refractivity contribution in [1.82, 2.24) is 4.57 Å². The summed E-state index contributed by atoms with van der Waals surface area (Å²) in [6.45, 7) is 6.69. The highest BCUT2D eigenvalue weighted by Crippen LogP contribution is 2.39. The van der Waals surface area contributed by atoms with E-state index in [1.807, 2.05) is 37.3 Å². The molecule has 2 aromatic carbocycles. The predicted octanol–water partition coefficient (Wildman–Crippen LogP) is 3.82. The molecule has 0 unspecified atom stereocenters. The van der Waals surface area contributed by atoms with Gasteiger partial charge in [0.1, 0.15) is 4.53 Å². The number of benzene rings is 2. The van der Waals surface area contributed by atoms with Crippen LogP contribution in [0.15, 0.2) is 63.5 Å². The number of para-hydroxylation sites is 1. The third kappa shape index (κ3) is 4.46. The Morgan fingerprint density at radius 3 is 2.66 bits per heavy atom. The SMILES string of the molecule is CCCCN1C(=O)/C(=c2/sc3n(c2=O)[C@H](c2ccc4c(c2)OCO4)C(C(=O)OCC)=C(CCC)N=3)c2ccccc21. The summed E-state index contributed by atoms with van der Waals surface area (Å²) in [6, 6.07) is 12.2. The van der Waals surface area contributed by atoms with E-state index in [1.165, 1.54) is 15.9 Å². The van der Waals surface area contributed by atoms with Crippen molar-refractivity contribution in [3.63, 3.8) is 0 Å². The van der Waals surface area contributed by atoms with Crippen molar-refractivity contribution in [2.75, 3.05) is 24.8 Å². The second kappa shape index (κ2) is 11.0. The van der Waals surface area contributed by atoms with Crippen LogP contribution in [0.4, 0.5) is 5.69 Å². The zero-order valence-electron chi connectivity index (χ0n) is 23.3. The first-order valence-electron chi connectivity index (χ1n) is 14.0. The number of esters is 1.